The van der Waals surface area contributed by atoms with Gasteiger partial charge in [0.2, 0.25) is 11.8 Å². The number of nitro groups is 1. The number of nitrogens with one attached hydrogen (secondary N) is 1. The van der Waals surface area contributed by atoms with Gasteiger partial charge in [-0.25, -0.2) is 4.79 Å². The molecule has 0 bridgehead atoms. The van der Waals surface area contributed by atoms with Crippen LogP contribution in [-0.2, 0) is 43.3 Å². The number of carbonyl (C=O) groups excluding carboxylic acids is 3. The van der Waals surface area contributed by atoms with Gasteiger partial charge in [0.25, 0.3) is 5.69 Å². The molecular formula is C27H29N3O7S. The van der Waals surface area contributed by atoms with Crippen LogP contribution in [0.1, 0.15) is 38.3 Å². The van der Waals surface area contributed by atoms with Gasteiger partial charge in [0.15, 0.2) is 16.0 Å². The van der Waals surface area contributed by atoms with E-state index in [1.165, 1.54) is 23.1 Å². The lowest BCUT2D eigenvalue weighted by molar-refractivity contribution is -0.385. The van der Waals surface area contributed by atoms with Crippen molar-refractivity contribution in [2.45, 2.75) is 51.6 Å². The van der Waals surface area contributed by atoms with Gasteiger partial charge in [-0.05, 0) is 17.5 Å². The summed E-state index contributed by atoms with van der Waals surface area (Å²) in [5.74, 6) is -1.77. The Balaban J connectivity index is 1.54. The summed E-state index contributed by atoms with van der Waals surface area (Å²) in [5, 5.41) is 13.2. The van der Waals surface area contributed by atoms with Crippen LogP contribution in [0, 0.1) is 22.0 Å². The van der Waals surface area contributed by atoms with Gasteiger partial charge in [0, 0.05) is 30.6 Å². The zero-order valence-corrected chi connectivity index (χ0v) is 22.1. The van der Waals surface area contributed by atoms with Crippen LogP contribution >= 0.6 is 0 Å². The van der Waals surface area contributed by atoms with Crippen molar-refractivity contribution in [1.29, 1.82) is 0 Å². The third kappa shape index (κ3) is 5.44. The molecule has 2 aliphatic heterocycles. The molecule has 1 fully saturated rings. The highest BCUT2D eigenvalue weighted by molar-refractivity contribution is 7.95. The molecule has 2 aromatic rings. The van der Waals surface area contributed by atoms with Crippen LogP contribution in [0.15, 0.2) is 65.2 Å². The average molecular weight is 540 g/mol. The highest BCUT2D eigenvalue weighted by atomic mass is 32.2. The van der Waals surface area contributed by atoms with Crippen LogP contribution in [-0.4, -0.2) is 43.6 Å². The maximum Gasteiger partial charge on any atom is 0.360 e. The Hall–Kier alpha value is -3.70. The monoisotopic (exact) mass is 539 g/mol. The van der Waals surface area contributed by atoms with E-state index < -0.39 is 27.4 Å². The van der Waals surface area contributed by atoms with Crippen molar-refractivity contribution in [2.75, 3.05) is 0 Å². The lowest BCUT2D eigenvalue weighted by Crippen LogP contribution is -2.60. The fraction of sp³-hybridized carbons (Fsp3) is 0.370. The number of nitro benzene ring substituents is 1. The summed E-state index contributed by atoms with van der Waals surface area (Å²) >= 11 is -1.83. The third-order valence-corrected chi connectivity index (χ3v) is 8.37. The summed E-state index contributed by atoms with van der Waals surface area (Å²) in [6.45, 7) is 5.02. The molecule has 2 aromatic carbocycles. The van der Waals surface area contributed by atoms with E-state index in [4.69, 9.17) is 4.74 Å². The third-order valence-electron chi connectivity index (χ3n) is 6.76. The SMILES string of the molecule is CC(C)C1C(=O)N2C(C(=O)OCc3ccccc3[N+](=O)[O-])=C([S+]([O-])C(C)NC(=O)Cc3ccccc3)CC12. The summed E-state index contributed by atoms with van der Waals surface area (Å²) in [7, 11) is 0. The molecule has 4 unspecified atom stereocenters. The molecule has 1 N–H and O–H groups in total. The summed E-state index contributed by atoms with van der Waals surface area (Å²) in [6.07, 6.45) is 0.324. The summed E-state index contributed by atoms with van der Waals surface area (Å²) in [4.78, 5) is 51.1. The van der Waals surface area contributed by atoms with E-state index in [1.54, 1.807) is 13.0 Å². The van der Waals surface area contributed by atoms with Crippen molar-refractivity contribution in [3.8, 4) is 0 Å². The van der Waals surface area contributed by atoms with E-state index in [2.05, 4.69) is 5.32 Å². The number of amides is 2. The lowest BCUT2D eigenvalue weighted by Gasteiger charge is -2.45. The van der Waals surface area contributed by atoms with Crippen LogP contribution in [0.3, 0.4) is 0 Å². The second kappa shape index (κ2) is 11.4. The number of ether oxygens (including phenoxy) is 1. The molecule has 38 heavy (non-hydrogen) atoms. The molecule has 0 aliphatic carbocycles. The van der Waals surface area contributed by atoms with E-state index in [0.29, 0.717) is 0 Å². The number of nitrogens with zero attached hydrogens (tertiary/aromatic N) is 2. The predicted octanol–water partition coefficient (Wildman–Crippen LogP) is 3.19. The smallest absolute Gasteiger partial charge is 0.360 e. The second-order valence-corrected chi connectivity index (χ2v) is 11.4. The molecule has 4 rings (SSSR count). The van der Waals surface area contributed by atoms with Crippen molar-refractivity contribution in [3.05, 3.63) is 86.4 Å². The number of esters is 1. The topological polar surface area (TPSA) is 142 Å². The molecular weight excluding hydrogens is 510 g/mol. The minimum atomic E-state index is -1.83. The molecule has 2 amide bonds. The summed E-state index contributed by atoms with van der Waals surface area (Å²) in [6, 6.07) is 14.7. The molecule has 4 atom stereocenters. The number of fused-ring (bicyclic) bond motifs is 1. The van der Waals surface area contributed by atoms with Crippen LogP contribution in [0.5, 0.6) is 0 Å². The quantitative estimate of drug-likeness (QED) is 0.161. The van der Waals surface area contributed by atoms with E-state index >= 15 is 0 Å². The van der Waals surface area contributed by atoms with Crippen LogP contribution in [0.4, 0.5) is 5.69 Å². The Morgan fingerprint density at radius 1 is 1.13 bits per heavy atom. The van der Waals surface area contributed by atoms with Gasteiger partial charge in [0.05, 0.1) is 28.9 Å². The average Bonchev–Trinajstić information content (AvgIpc) is 3.22. The fourth-order valence-electron chi connectivity index (χ4n) is 4.95. The Morgan fingerprint density at radius 2 is 1.79 bits per heavy atom. The fourth-order valence-corrected chi connectivity index (χ4v) is 6.32. The van der Waals surface area contributed by atoms with Gasteiger partial charge in [-0.2, -0.15) is 0 Å². The molecule has 2 aliphatic rings. The zero-order chi connectivity index (χ0) is 27.6. The highest BCUT2D eigenvalue weighted by Crippen LogP contribution is 2.47. The molecule has 200 valence electrons. The van der Waals surface area contributed by atoms with Crippen molar-refractivity contribution >= 4 is 34.6 Å². The Morgan fingerprint density at radius 3 is 2.45 bits per heavy atom. The van der Waals surface area contributed by atoms with E-state index in [9.17, 15) is 29.1 Å². The normalized spacial score (nSPS) is 20.0. The zero-order valence-electron chi connectivity index (χ0n) is 21.3. The number of para-hydroxylation sites is 1. The number of hydrogen-bond acceptors (Lipinski definition) is 7. The molecule has 11 heteroatoms. The van der Waals surface area contributed by atoms with Gasteiger partial charge in [0.1, 0.15) is 6.61 Å². The largest absolute Gasteiger partial charge is 0.610 e. The van der Waals surface area contributed by atoms with E-state index in [1.807, 2.05) is 44.2 Å². The standard InChI is InChI=1S/C27H29N3O7S/c1-16(2)24-21-14-22(38(36)17(3)28-23(31)13-18-9-5-4-6-10-18)25(29(21)26(24)32)27(33)37-15-19-11-7-8-12-20(19)30(34)35/h4-12,16-17,21,24H,13-15H2,1-3H3,(H,28,31). The first-order valence-electron chi connectivity index (χ1n) is 12.3. The number of benzene rings is 2. The number of carbonyl (C=O) groups is 3. The van der Waals surface area contributed by atoms with Gasteiger partial charge in [-0.1, -0.05) is 56.3 Å². The lowest BCUT2D eigenvalue weighted by atomic mass is 9.79. The molecule has 0 spiro atoms. The van der Waals surface area contributed by atoms with E-state index in [-0.39, 0.29) is 71.0 Å². The maximum absolute atomic E-state index is 13.6. The Kier molecular flexibility index (Phi) is 8.17. The van der Waals surface area contributed by atoms with E-state index in [0.717, 1.165) is 5.56 Å². The number of rotatable bonds is 10. The van der Waals surface area contributed by atoms with Crippen molar-refractivity contribution in [1.82, 2.24) is 10.2 Å². The van der Waals surface area contributed by atoms with Crippen LogP contribution < -0.4 is 5.32 Å². The Labute approximate surface area is 223 Å². The van der Waals surface area contributed by atoms with Gasteiger partial charge in [-0.15, -0.1) is 0 Å². The first kappa shape index (κ1) is 27.3. The minimum Gasteiger partial charge on any atom is -0.610 e. The molecule has 1 saturated heterocycles. The van der Waals surface area contributed by atoms with Gasteiger partial charge >= 0.3 is 5.97 Å². The molecule has 0 saturated carbocycles. The maximum atomic E-state index is 13.6. The van der Waals surface area contributed by atoms with Crippen molar-refractivity contribution < 1.29 is 28.6 Å². The number of hydrogen-bond donors (Lipinski definition) is 1. The molecule has 10 nitrogen and oxygen atoms in total. The number of β-lactam (4-membered cyclic amide) rings is 1. The van der Waals surface area contributed by atoms with Crippen molar-refractivity contribution in [3.63, 3.8) is 0 Å². The first-order valence-corrected chi connectivity index (χ1v) is 13.5. The summed E-state index contributed by atoms with van der Waals surface area (Å²) < 4.78 is 19.0. The Bertz CT molecular complexity index is 1280. The predicted molar refractivity (Wildman–Crippen MR) is 139 cm³/mol. The highest BCUT2D eigenvalue weighted by Gasteiger charge is 2.59. The molecule has 2 heterocycles. The first-order chi connectivity index (χ1) is 18.1. The van der Waals surface area contributed by atoms with Crippen LogP contribution in [0.25, 0.3) is 0 Å². The van der Waals surface area contributed by atoms with Crippen LogP contribution in [0.2, 0.25) is 0 Å². The minimum absolute atomic E-state index is 0.0174. The van der Waals surface area contributed by atoms with Gasteiger partial charge < -0.3 is 14.6 Å². The molecule has 0 aromatic heterocycles. The molecule has 0 radical (unpaired) electrons. The second-order valence-electron chi connectivity index (χ2n) is 9.65. The summed E-state index contributed by atoms with van der Waals surface area (Å²) in [5.41, 5.74) is 0.701. The van der Waals surface area contributed by atoms with Crippen molar-refractivity contribution in [2.24, 2.45) is 11.8 Å². The van der Waals surface area contributed by atoms with Gasteiger partial charge in [-0.3, -0.25) is 24.6 Å².